The maximum Gasteiger partial charge on any atom is 0.268 e. The van der Waals surface area contributed by atoms with Crippen LogP contribution in [0.4, 0.5) is 0 Å². The zero-order valence-electron chi connectivity index (χ0n) is 11.2. The minimum Gasteiger partial charge on any atom is -0.467 e. The molecule has 3 rings (SSSR count). The normalized spacial score (nSPS) is 10.5. The summed E-state index contributed by atoms with van der Waals surface area (Å²) in [4.78, 5) is 11.6. The van der Waals surface area contributed by atoms with Gasteiger partial charge in [0.2, 0.25) is 0 Å². The van der Waals surface area contributed by atoms with Crippen LogP contribution >= 0.6 is 0 Å². The number of hydrogen-bond donors (Lipinski definition) is 2. The van der Waals surface area contributed by atoms with Gasteiger partial charge in [-0.05, 0) is 11.6 Å². The monoisotopic (exact) mass is 282 g/mol. The van der Waals surface area contributed by atoms with E-state index in [1.165, 1.54) is 6.26 Å². The van der Waals surface area contributed by atoms with Gasteiger partial charge in [-0.1, -0.05) is 30.3 Å². The van der Waals surface area contributed by atoms with Crippen LogP contribution in [0.2, 0.25) is 0 Å². The number of amides is 1. The van der Waals surface area contributed by atoms with Crippen molar-refractivity contribution in [1.29, 1.82) is 0 Å². The Labute approximate surface area is 121 Å². The number of benzene rings is 1. The first-order valence-electron chi connectivity index (χ1n) is 6.43. The number of nitrogens with one attached hydrogen (secondary N) is 1. The molecule has 0 fully saturated rings. The fraction of sp³-hybridized carbons (Fsp3) is 0.0667. The Morgan fingerprint density at radius 3 is 2.81 bits per heavy atom. The van der Waals surface area contributed by atoms with Crippen LogP contribution in [-0.4, -0.2) is 15.7 Å². The summed E-state index contributed by atoms with van der Waals surface area (Å²) in [6.45, 7) is 0.364. The van der Waals surface area contributed by atoms with Crippen LogP contribution in [0.1, 0.15) is 16.1 Å². The summed E-state index contributed by atoms with van der Waals surface area (Å²) in [6, 6.07) is 11.5. The Balaban J connectivity index is 1.82. The molecular weight excluding hydrogens is 268 g/mol. The Morgan fingerprint density at radius 1 is 1.24 bits per heavy atom. The lowest BCUT2D eigenvalue weighted by atomic mass is 10.1. The highest BCUT2D eigenvalue weighted by atomic mass is 16.3. The molecule has 6 nitrogen and oxygen atoms in total. The van der Waals surface area contributed by atoms with Gasteiger partial charge in [0.1, 0.15) is 5.76 Å². The zero-order valence-corrected chi connectivity index (χ0v) is 11.2. The molecule has 3 N–H and O–H groups in total. The quantitative estimate of drug-likeness (QED) is 0.434. The van der Waals surface area contributed by atoms with Crippen molar-refractivity contribution in [3.63, 3.8) is 0 Å². The van der Waals surface area contributed by atoms with Crippen molar-refractivity contribution in [3.05, 3.63) is 66.4 Å². The summed E-state index contributed by atoms with van der Waals surface area (Å²) >= 11 is 0. The largest absolute Gasteiger partial charge is 0.467 e. The zero-order chi connectivity index (χ0) is 14.7. The molecule has 0 saturated carbocycles. The van der Waals surface area contributed by atoms with E-state index in [0.29, 0.717) is 17.9 Å². The van der Waals surface area contributed by atoms with Crippen molar-refractivity contribution in [1.82, 2.24) is 15.2 Å². The molecule has 0 radical (unpaired) electrons. The Bertz CT molecular complexity index is 746. The second-order valence-electron chi connectivity index (χ2n) is 4.52. The first kappa shape index (κ1) is 13.1. The molecule has 0 spiro atoms. The van der Waals surface area contributed by atoms with Gasteiger partial charge in [-0.15, -0.1) is 0 Å². The predicted octanol–water partition coefficient (Wildman–Crippen LogP) is 1.79. The minimum atomic E-state index is -0.380. The number of hydrogen-bond acceptors (Lipinski definition) is 4. The van der Waals surface area contributed by atoms with E-state index in [4.69, 9.17) is 10.3 Å². The molecule has 3 aromatic rings. The summed E-state index contributed by atoms with van der Waals surface area (Å²) in [7, 11) is 0. The standard InChI is InChI=1S/C15H14N4O2/c16-18-15(20)13-6-7-21-14(13)10-19-9-12(8-17-19)11-4-2-1-3-5-11/h1-9H,10,16H2,(H,18,20). The van der Waals surface area contributed by atoms with Gasteiger partial charge in [0.25, 0.3) is 5.91 Å². The van der Waals surface area contributed by atoms with Crippen LogP contribution in [0.5, 0.6) is 0 Å². The molecule has 6 heteroatoms. The van der Waals surface area contributed by atoms with E-state index < -0.39 is 0 Å². The number of aromatic nitrogens is 2. The van der Waals surface area contributed by atoms with Crippen LogP contribution in [-0.2, 0) is 6.54 Å². The number of nitrogen functional groups attached to an aromatic ring is 1. The van der Waals surface area contributed by atoms with Gasteiger partial charge < -0.3 is 4.42 Å². The summed E-state index contributed by atoms with van der Waals surface area (Å²) in [5, 5.41) is 4.29. The Morgan fingerprint density at radius 2 is 2.05 bits per heavy atom. The van der Waals surface area contributed by atoms with Gasteiger partial charge in [-0.25, -0.2) is 5.84 Å². The molecule has 2 aromatic heterocycles. The highest BCUT2D eigenvalue weighted by molar-refractivity contribution is 5.94. The van der Waals surface area contributed by atoms with Crippen molar-refractivity contribution in [2.75, 3.05) is 0 Å². The van der Waals surface area contributed by atoms with Gasteiger partial charge in [0.05, 0.1) is 24.6 Å². The third-order valence-electron chi connectivity index (χ3n) is 3.17. The number of furan rings is 1. The molecule has 0 saturated heterocycles. The fourth-order valence-electron chi connectivity index (χ4n) is 2.12. The summed E-state index contributed by atoms with van der Waals surface area (Å²) in [6.07, 6.45) is 5.14. The number of carbonyl (C=O) groups excluding carboxylic acids is 1. The summed E-state index contributed by atoms with van der Waals surface area (Å²) in [5.74, 6) is 5.28. The Kier molecular flexibility index (Phi) is 3.53. The van der Waals surface area contributed by atoms with Gasteiger partial charge >= 0.3 is 0 Å². The molecule has 21 heavy (non-hydrogen) atoms. The summed E-state index contributed by atoms with van der Waals surface area (Å²) < 4.78 is 7.05. The highest BCUT2D eigenvalue weighted by Crippen LogP contribution is 2.19. The van der Waals surface area contributed by atoms with Gasteiger partial charge in [-0.3, -0.25) is 14.9 Å². The van der Waals surface area contributed by atoms with Gasteiger partial charge in [-0.2, -0.15) is 5.10 Å². The number of hydrazine groups is 1. The van der Waals surface area contributed by atoms with E-state index in [1.807, 2.05) is 36.5 Å². The lowest BCUT2D eigenvalue weighted by Gasteiger charge is -2.02. The van der Waals surface area contributed by atoms with Gasteiger partial charge in [0.15, 0.2) is 0 Å². The lowest BCUT2D eigenvalue weighted by Crippen LogP contribution is -2.30. The van der Waals surface area contributed by atoms with E-state index in [0.717, 1.165) is 11.1 Å². The molecule has 1 aromatic carbocycles. The van der Waals surface area contributed by atoms with E-state index in [1.54, 1.807) is 16.9 Å². The first-order chi connectivity index (χ1) is 10.3. The SMILES string of the molecule is NNC(=O)c1ccoc1Cn1cc(-c2ccccc2)cn1. The molecule has 106 valence electrons. The first-order valence-corrected chi connectivity index (χ1v) is 6.43. The number of nitrogens with two attached hydrogens (primary N) is 1. The summed E-state index contributed by atoms with van der Waals surface area (Å²) in [5.41, 5.74) is 4.60. The predicted molar refractivity (Wildman–Crippen MR) is 77.1 cm³/mol. The molecule has 0 bridgehead atoms. The smallest absolute Gasteiger partial charge is 0.268 e. The van der Waals surface area contributed by atoms with Crippen LogP contribution in [0.25, 0.3) is 11.1 Å². The average Bonchev–Trinajstić information content (AvgIpc) is 3.17. The lowest BCUT2D eigenvalue weighted by molar-refractivity contribution is 0.0951. The van der Waals surface area contributed by atoms with Crippen molar-refractivity contribution in [2.24, 2.45) is 5.84 Å². The van der Waals surface area contributed by atoms with Crippen molar-refractivity contribution in [2.45, 2.75) is 6.54 Å². The average molecular weight is 282 g/mol. The van der Waals surface area contributed by atoms with Crippen LogP contribution in [0.3, 0.4) is 0 Å². The second-order valence-corrected chi connectivity index (χ2v) is 4.52. The van der Waals surface area contributed by atoms with E-state index in [2.05, 4.69) is 10.5 Å². The van der Waals surface area contributed by atoms with Crippen LogP contribution in [0.15, 0.2) is 59.5 Å². The van der Waals surface area contributed by atoms with Gasteiger partial charge in [0, 0.05) is 11.8 Å². The van der Waals surface area contributed by atoms with Crippen molar-refractivity contribution >= 4 is 5.91 Å². The van der Waals surface area contributed by atoms with E-state index >= 15 is 0 Å². The molecule has 0 aliphatic rings. The maximum absolute atomic E-state index is 11.6. The molecule has 2 heterocycles. The molecular formula is C15H14N4O2. The van der Waals surface area contributed by atoms with Crippen LogP contribution < -0.4 is 11.3 Å². The third kappa shape index (κ3) is 2.70. The molecule has 0 unspecified atom stereocenters. The number of nitrogens with zero attached hydrogens (tertiary/aromatic N) is 2. The van der Waals surface area contributed by atoms with E-state index in [-0.39, 0.29) is 5.91 Å². The molecule has 1 amide bonds. The minimum absolute atomic E-state index is 0.364. The second kappa shape index (κ2) is 5.64. The molecule has 0 aliphatic carbocycles. The Hall–Kier alpha value is -2.86. The number of carbonyl (C=O) groups is 1. The van der Waals surface area contributed by atoms with Crippen molar-refractivity contribution in [3.8, 4) is 11.1 Å². The topological polar surface area (TPSA) is 86.1 Å². The fourth-order valence-corrected chi connectivity index (χ4v) is 2.12. The maximum atomic E-state index is 11.6. The highest BCUT2D eigenvalue weighted by Gasteiger charge is 2.14. The van der Waals surface area contributed by atoms with Crippen molar-refractivity contribution < 1.29 is 9.21 Å². The number of rotatable bonds is 4. The van der Waals surface area contributed by atoms with Crippen LogP contribution in [0, 0.1) is 0 Å². The molecule has 0 aliphatic heterocycles. The molecule has 0 atom stereocenters. The van der Waals surface area contributed by atoms with E-state index in [9.17, 15) is 4.79 Å². The third-order valence-corrected chi connectivity index (χ3v) is 3.17.